The van der Waals surface area contributed by atoms with Gasteiger partial charge in [-0.1, -0.05) is 42.0 Å². The van der Waals surface area contributed by atoms with Gasteiger partial charge in [0.1, 0.15) is 5.76 Å². The third kappa shape index (κ3) is 3.20. The van der Waals surface area contributed by atoms with Crippen LogP contribution in [0.1, 0.15) is 43.0 Å². The van der Waals surface area contributed by atoms with Gasteiger partial charge in [0.05, 0.1) is 12.3 Å². The lowest BCUT2D eigenvalue weighted by atomic mass is 10.0. The van der Waals surface area contributed by atoms with Gasteiger partial charge in [-0.2, -0.15) is 0 Å². The molecule has 1 unspecified atom stereocenters. The Hall–Kier alpha value is -1.80. The maximum absolute atomic E-state index is 5.60. The van der Waals surface area contributed by atoms with E-state index >= 15 is 0 Å². The number of furan rings is 1. The van der Waals surface area contributed by atoms with E-state index in [2.05, 4.69) is 35.7 Å². The maximum atomic E-state index is 5.60. The Bertz CT molecular complexity index is 542. The highest BCUT2D eigenvalue weighted by Crippen LogP contribution is 2.24. The summed E-state index contributed by atoms with van der Waals surface area (Å²) in [5, 5.41) is 3.63. The minimum Gasteiger partial charge on any atom is -0.467 e. The number of allylic oxidation sites excluding steroid dienone is 1. The molecule has 0 amide bonds. The summed E-state index contributed by atoms with van der Waals surface area (Å²) >= 11 is 0. The van der Waals surface area contributed by atoms with E-state index in [1.54, 1.807) is 11.8 Å². The summed E-state index contributed by atoms with van der Waals surface area (Å²) in [6.07, 6.45) is 9.15. The van der Waals surface area contributed by atoms with Crippen molar-refractivity contribution in [3.63, 3.8) is 0 Å². The molecule has 20 heavy (non-hydrogen) atoms. The minimum atomic E-state index is 0.146. The fraction of sp³-hybridized carbons (Fsp3) is 0.333. The van der Waals surface area contributed by atoms with Crippen LogP contribution in [0.15, 0.2) is 64.8 Å². The molecular formula is C18H21NO. The minimum absolute atomic E-state index is 0.146. The molecule has 3 rings (SSSR count). The molecule has 1 aliphatic rings. The quantitative estimate of drug-likeness (QED) is 0.782. The van der Waals surface area contributed by atoms with Gasteiger partial charge in [-0.25, -0.2) is 0 Å². The summed E-state index contributed by atoms with van der Waals surface area (Å²) in [5.74, 6) is 0.983. The summed E-state index contributed by atoms with van der Waals surface area (Å²) in [4.78, 5) is 0. The predicted molar refractivity (Wildman–Crippen MR) is 81.5 cm³/mol. The highest BCUT2D eigenvalue weighted by Gasteiger charge is 2.16. The van der Waals surface area contributed by atoms with Crippen LogP contribution in [0.4, 0.5) is 0 Å². The molecule has 1 N–H and O–H groups in total. The average molecular weight is 267 g/mol. The van der Waals surface area contributed by atoms with Gasteiger partial charge in [-0.15, -0.1) is 0 Å². The second-order valence-electron chi connectivity index (χ2n) is 5.32. The lowest BCUT2D eigenvalue weighted by Gasteiger charge is -2.17. The van der Waals surface area contributed by atoms with E-state index in [-0.39, 0.29) is 6.04 Å². The van der Waals surface area contributed by atoms with Crippen molar-refractivity contribution >= 4 is 0 Å². The first-order valence-electron chi connectivity index (χ1n) is 7.43. The highest BCUT2D eigenvalue weighted by molar-refractivity contribution is 5.26. The number of nitrogens with one attached hydrogen (secondary N) is 1. The van der Waals surface area contributed by atoms with Gasteiger partial charge in [0.15, 0.2) is 0 Å². The first-order valence-corrected chi connectivity index (χ1v) is 7.43. The number of hydrogen-bond acceptors (Lipinski definition) is 2. The van der Waals surface area contributed by atoms with Crippen LogP contribution in [0.2, 0.25) is 0 Å². The zero-order valence-corrected chi connectivity index (χ0v) is 11.7. The molecule has 0 spiro atoms. The molecule has 0 saturated carbocycles. The van der Waals surface area contributed by atoms with Gasteiger partial charge in [0, 0.05) is 0 Å². The largest absolute Gasteiger partial charge is 0.467 e. The normalized spacial score (nSPS) is 16.1. The Balaban J connectivity index is 1.67. The fourth-order valence-electron chi connectivity index (χ4n) is 2.83. The van der Waals surface area contributed by atoms with Gasteiger partial charge in [-0.05, 0) is 49.9 Å². The van der Waals surface area contributed by atoms with Crippen molar-refractivity contribution in [1.29, 1.82) is 0 Å². The van der Waals surface area contributed by atoms with Crippen molar-refractivity contribution in [1.82, 2.24) is 5.32 Å². The molecule has 0 aliphatic heterocycles. The molecule has 1 aromatic carbocycles. The van der Waals surface area contributed by atoms with Crippen LogP contribution < -0.4 is 5.32 Å². The smallest absolute Gasteiger partial charge is 0.125 e. The SMILES string of the molecule is C1=C(CCNC(c2ccccc2)c2ccco2)CCC1. The third-order valence-corrected chi connectivity index (χ3v) is 3.89. The van der Waals surface area contributed by atoms with Crippen LogP contribution in [0.25, 0.3) is 0 Å². The van der Waals surface area contributed by atoms with Crippen molar-refractivity contribution in [3.05, 3.63) is 71.7 Å². The molecule has 1 aliphatic carbocycles. The summed E-state index contributed by atoms with van der Waals surface area (Å²) < 4.78 is 5.60. The second kappa shape index (κ2) is 6.58. The molecule has 2 aromatic rings. The first-order chi connectivity index (χ1) is 9.93. The van der Waals surface area contributed by atoms with Crippen LogP contribution in [-0.4, -0.2) is 6.54 Å². The fourth-order valence-corrected chi connectivity index (χ4v) is 2.83. The van der Waals surface area contributed by atoms with Crippen molar-refractivity contribution in [2.75, 3.05) is 6.54 Å². The average Bonchev–Trinajstić information content (AvgIpc) is 3.18. The third-order valence-electron chi connectivity index (χ3n) is 3.89. The molecule has 0 saturated heterocycles. The molecule has 1 heterocycles. The molecule has 2 nitrogen and oxygen atoms in total. The molecule has 1 aromatic heterocycles. The maximum Gasteiger partial charge on any atom is 0.125 e. The summed E-state index contributed by atoms with van der Waals surface area (Å²) in [7, 11) is 0. The molecule has 0 radical (unpaired) electrons. The number of hydrogen-bond donors (Lipinski definition) is 1. The highest BCUT2D eigenvalue weighted by atomic mass is 16.3. The Morgan fingerprint density at radius 3 is 2.70 bits per heavy atom. The first kappa shape index (κ1) is 13.2. The standard InChI is InChI=1S/C18H21NO/c1-2-9-16(10-3-1)18(17-11-6-14-20-17)19-13-12-15-7-4-5-8-15/h1-3,6-7,9-11,14,18-19H,4-5,8,12-13H2. The van der Waals surface area contributed by atoms with E-state index in [0.717, 1.165) is 18.7 Å². The van der Waals surface area contributed by atoms with Gasteiger partial charge in [-0.3, -0.25) is 0 Å². The zero-order chi connectivity index (χ0) is 13.6. The predicted octanol–water partition coefficient (Wildman–Crippen LogP) is 4.46. The van der Waals surface area contributed by atoms with E-state index in [0.29, 0.717) is 0 Å². The van der Waals surface area contributed by atoms with Gasteiger partial charge >= 0.3 is 0 Å². The molecule has 104 valence electrons. The summed E-state index contributed by atoms with van der Waals surface area (Å²) in [5.41, 5.74) is 2.85. The van der Waals surface area contributed by atoms with Gasteiger partial charge < -0.3 is 9.73 Å². The lowest BCUT2D eigenvalue weighted by molar-refractivity contribution is 0.447. The summed E-state index contributed by atoms with van der Waals surface area (Å²) in [6.45, 7) is 0.992. The van der Waals surface area contributed by atoms with Crippen LogP contribution in [-0.2, 0) is 0 Å². The van der Waals surface area contributed by atoms with Crippen molar-refractivity contribution < 1.29 is 4.42 Å². The molecule has 0 bridgehead atoms. The Kier molecular flexibility index (Phi) is 4.34. The second-order valence-corrected chi connectivity index (χ2v) is 5.32. The van der Waals surface area contributed by atoms with E-state index in [1.165, 1.54) is 24.8 Å². The van der Waals surface area contributed by atoms with Crippen LogP contribution in [0, 0.1) is 0 Å². The van der Waals surface area contributed by atoms with Gasteiger partial charge in [0.25, 0.3) is 0 Å². The Morgan fingerprint density at radius 2 is 2.00 bits per heavy atom. The molecular weight excluding hydrogens is 246 g/mol. The monoisotopic (exact) mass is 267 g/mol. The van der Waals surface area contributed by atoms with E-state index in [9.17, 15) is 0 Å². The van der Waals surface area contributed by atoms with Crippen molar-refractivity contribution in [2.45, 2.75) is 31.7 Å². The number of rotatable bonds is 6. The number of benzene rings is 1. The van der Waals surface area contributed by atoms with Crippen molar-refractivity contribution in [2.24, 2.45) is 0 Å². The zero-order valence-electron chi connectivity index (χ0n) is 11.7. The van der Waals surface area contributed by atoms with E-state index in [4.69, 9.17) is 4.42 Å². The van der Waals surface area contributed by atoms with E-state index < -0.39 is 0 Å². The molecule has 0 fully saturated rings. The summed E-state index contributed by atoms with van der Waals surface area (Å²) in [6, 6.07) is 14.6. The van der Waals surface area contributed by atoms with Gasteiger partial charge in [0.2, 0.25) is 0 Å². The van der Waals surface area contributed by atoms with E-state index in [1.807, 2.05) is 18.2 Å². The Labute approximate surface area is 120 Å². The van der Waals surface area contributed by atoms with Crippen LogP contribution >= 0.6 is 0 Å². The lowest BCUT2D eigenvalue weighted by Crippen LogP contribution is -2.23. The topological polar surface area (TPSA) is 25.2 Å². The molecule has 1 atom stereocenters. The Morgan fingerprint density at radius 1 is 1.10 bits per heavy atom. The van der Waals surface area contributed by atoms with Crippen LogP contribution in [0.3, 0.4) is 0 Å². The molecule has 2 heteroatoms. The van der Waals surface area contributed by atoms with Crippen molar-refractivity contribution in [3.8, 4) is 0 Å². The van der Waals surface area contributed by atoms with Crippen LogP contribution in [0.5, 0.6) is 0 Å².